The molecule has 2 aromatic heterocycles. The Labute approximate surface area is 230 Å². The van der Waals surface area contributed by atoms with Crippen LogP contribution in [-0.2, 0) is 4.74 Å². The monoisotopic (exact) mass is 531 g/mol. The van der Waals surface area contributed by atoms with E-state index >= 15 is 0 Å². The first kappa shape index (κ1) is 14.0. The Morgan fingerprint density at radius 2 is 2.19 bits per heavy atom. The van der Waals surface area contributed by atoms with E-state index in [-0.39, 0.29) is 16.7 Å². The largest absolute Gasteiger partial charge is 0.394 e. The van der Waals surface area contributed by atoms with E-state index in [1.165, 1.54) is 13.8 Å². The molecule has 194 valence electrons. The third-order valence-electron chi connectivity index (χ3n) is 5.18. The molecule has 0 amide bonds. The normalized spacial score (nSPS) is 44.2. The molecule has 0 spiro atoms. The van der Waals surface area contributed by atoms with Gasteiger partial charge < -0.3 is 25.4 Å². The zero-order valence-electron chi connectivity index (χ0n) is 32.0. The molecule has 6 atom stereocenters. The minimum atomic E-state index is -3.98. The smallest absolute Gasteiger partial charge is 0.191 e. The van der Waals surface area contributed by atoms with Crippen LogP contribution in [0.4, 0.5) is 10.2 Å². The number of halogens is 1. The first-order chi connectivity index (χ1) is 22.3. The van der Waals surface area contributed by atoms with Crippen molar-refractivity contribution in [3.8, 4) is 0 Å². The quantitative estimate of drug-likeness (QED) is 0.227. The average molecular weight is 532 g/mol. The Balaban J connectivity index is 1.71. The minimum absolute atomic E-state index is 0.0908. The molecular weight excluding hydrogens is 487 g/mol. The number of ether oxygens (including phenoxy) is 1. The predicted molar refractivity (Wildman–Crippen MR) is 133 cm³/mol. The molecule has 0 radical (unpaired) electrons. The van der Waals surface area contributed by atoms with Crippen LogP contribution in [0.15, 0.2) is 23.3 Å². The fourth-order valence-corrected chi connectivity index (χ4v) is 3.90. The molecule has 36 heavy (non-hydrogen) atoms. The third kappa shape index (κ3) is 4.92. The van der Waals surface area contributed by atoms with Crippen LogP contribution in [0.3, 0.4) is 0 Å². The molecule has 4 N–H and O–H groups in total. The van der Waals surface area contributed by atoms with E-state index in [2.05, 4.69) is 25.6 Å². The Bertz CT molecular complexity index is 1810. The molecule has 10 nitrogen and oxygen atoms in total. The summed E-state index contributed by atoms with van der Waals surface area (Å²) >= 11 is 0.428. The predicted octanol–water partition coefficient (Wildman–Crippen LogP) is 2.18. The van der Waals surface area contributed by atoms with Gasteiger partial charge in [0.2, 0.25) is 0 Å². The molecule has 3 aromatic rings. The SMILES string of the molecule is [2H]c1c([2H])c([C@H]2[C@H](Nc3nc(SC([2H])([2H])CC)nc4c3nnn4[C@]3([2H])C([2H])([2H])[C@]([2H])(OCCO)[C@@]([2H])(O)[C@@]3([2H])O)C2([2H])[2H])c([2H])c(F)c1C. The maximum absolute atomic E-state index is 14.8. The van der Waals surface area contributed by atoms with Crippen LogP contribution in [-0.4, -0.2) is 83.5 Å². The number of benzene rings is 1. The van der Waals surface area contributed by atoms with Gasteiger partial charge in [-0.25, -0.2) is 19.0 Å². The molecule has 0 unspecified atom stereocenters. The number of anilines is 1. The highest BCUT2D eigenvalue weighted by molar-refractivity contribution is 7.99. The van der Waals surface area contributed by atoms with Crippen molar-refractivity contribution in [2.24, 2.45) is 0 Å². The fourth-order valence-electron chi connectivity index (χ4n) is 3.35. The minimum Gasteiger partial charge on any atom is -0.394 e. The second kappa shape index (κ2) is 10.5. The summed E-state index contributed by atoms with van der Waals surface area (Å²) in [6.07, 6.45) is -17.6. The van der Waals surface area contributed by atoms with Gasteiger partial charge >= 0.3 is 0 Å². The Hall–Kier alpha value is -2.38. The molecule has 1 aromatic carbocycles. The topological polar surface area (TPSA) is 138 Å². The molecule has 2 heterocycles. The summed E-state index contributed by atoms with van der Waals surface area (Å²) in [5.74, 6) is -2.92. The van der Waals surface area contributed by atoms with Crippen LogP contribution in [0, 0.1) is 12.7 Å². The lowest BCUT2D eigenvalue weighted by molar-refractivity contribution is -0.0629. The number of aliphatic hydroxyl groups is 3. The lowest BCUT2D eigenvalue weighted by atomic mass is 10.1. The van der Waals surface area contributed by atoms with E-state index in [0.29, 0.717) is 11.8 Å². The van der Waals surface area contributed by atoms with E-state index < -0.39 is 120 Å². The van der Waals surface area contributed by atoms with Gasteiger partial charge in [0.1, 0.15) is 18.0 Å². The summed E-state index contributed by atoms with van der Waals surface area (Å²) in [6.45, 7) is 1.02. The Morgan fingerprint density at radius 1 is 1.36 bits per heavy atom. The lowest BCUT2D eigenvalue weighted by Gasteiger charge is -2.17. The Kier molecular flexibility index (Phi) is 4.09. The molecule has 0 saturated heterocycles. The van der Waals surface area contributed by atoms with E-state index in [4.69, 9.17) is 22.6 Å². The number of nitrogens with zero attached hydrogens (tertiary/aromatic N) is 5. The van der Waals surface area contributed by atoms with Crippen LogP contribution in [0.1, 0.15) is 67.0 Å². The molecule has 2 fully saturated rings. The molecule has 0 aliphatic heterocycles. The molecular formula is C24H31FN6O4S. The first-order valence-electron chi connectivity index (χ1n) is 17.4. The van der Waals surface area contributed by atoms with Gasteiger partial charge in [-0.1, -0.05) is 36.0 Å². The van der Waals surface area contributed by atoms with Crippen molar-refractivity contribution < 1.29 is 42.3 Å². The van der Waals surface area contributed by atoms with E-state index in [9.17, 15) is 19.7 Å². The summed E-state index contributed by atoms with van der Waals surface area (Å²) in [5, 5.41) is 41.1. The summed E-state index contributed by atoms with van der Waals surface area (Å²) < 4.78 is 130. The van der Waals surface area contributed by atoms with E-state index in [0.717, 1.165) is 0 Å². The number of thioether (sulfide) groups is 1. The zero-order chi connectivity index (χ0) is 37.1. The molecule has 2 saturated carbocycles. The van der Waals surface area contributed by atoms with E-state index in [1.54, 1.807) is 0 Å². The number of aromatic nitrogens is 5. The van der Waals surface area contributed by atoms with Crippen molar-refractivity contribution in [1.29, 1.82) is 0 Å². The number of hydrogen-bond donors (Lipinski definition) is 4. The van der Waals surface area contributed by atoms with Gasteiger partial charge in [-0.15, -0.1) is 5.10 Å². The van der Waals surface area contributed by atoms with E-state index in [1.807, 2.05) is 0 Å². The van der Waals surface area contributed by atoms with Gasteiger partial charge in [0.15, 0.2) is 22.1 Å². The van der Waals surface area contributed by atoms with Crippen molar-refractivity contribution in [3.63, 3.8) is 0 Å². The van der Waals surface area contributed by atoms with Crippen molar-refractivity contribution in [3.05, 3.63) is 35.1 Å². The number of fused-ring (bicyclic) bond motifs is 1. The van der Waals surface area contributed by atoms with Gasteiger partial charge in [-0.3, -0.25) is 0 Å². The highest BCUT2D eigenvalue weighted by atomic mass is 32.2. The highest BCUT2D eigenvalue weighted by Crippen LogP contribution is 2.44. The maximum atomic E-state index is 14.8. The maximum Gasteiger partial charge on any atom is 0.191 e. The van der Waals surface area contributed by atoms with Crippen LogP contribution in [0.25, 0.3) is 11.2 Å². The number of hydrogen-bond acceptors (Lipinski definition) is 10. The standard InChI is InChI=1S/C24H31FN6O4S/c1-3-8-36-24-27-22(26-16-10-14(16)13-5-4-12(2)15(25)9-13)19-23(28-24)31(30-29-19)17-11-18(35-7-6-32)21(34)20(17)33/h4-5,9,14,16-18,20-21,32-34H,3,6-8,10-11H2,1-2H3,(H,26,27,28)/t14-,16+,17+,18-,20-,21+/m0/s1/i4D,5D,8D2,9D,10D2,11D2,17D,18D,20D,21D. The van der Waals surface area contributed by atoms with Crippen LogP contribution in [0.2, 0.25) is 0 Å². The zero-order valence-corrected chi connectivity index (χ0v) is 19.9. The Morgan fingerprint density at radius 3 is 2.97 bits per heavy atom. The molecule has 12 heteroatoms. The lowest BCUT2D eigenvalue weighted by Crippen LogP contribution is -2.33. The molecule has 2 aliphatic carbocycles. The number of aliphatic hydroxyl groups excluding tert-OH is 1. The van der Waals surface area contributed by atoms with Gasteiger partial charge in [-0.2, -0.15) is 0 Å². The molecule has 2 aliphatic rings. The summed E-state index contributed by atoms with van der Waals surface area (Å²) in [5.41, 5.74) is -3.91. The second-order valence-electron chi connectivity index (χ2n) is 7.69. The second-order valence-corrected chi connectivity index (χ2v) is 8.55. The fraction of sp³-hybridized carbons (Fsp3) is 0.583. The molecule has 5 rings (SSSR count). The van der Waals surface area contributed by atoms with Gasteiger partial charge in [-0.05, 0) is 36.9 Å². The first-order valence-corrected chi connectivity index (χ1v) is 11.7. The van der Waals surface area contributed by atoms with Crippen LogP contribution in [0.5, 0.6) is 0 Å². The van der Waals surface area contributed by atoms with Gasteiger partial charge in [0.05, 0.1) is 34.9 Å². The summed E-state index contributed by atoms with van der Waals surface area (Å²) in [7, 11) is 0. The number of nitrogens with one attached hydrogen (secondary N) is 1. The third-order valence-corrected chi connectivity index (χ3v) is 5.98. The number of rotatable bonds is 10. The van der Waals surface area contributed by atoms with Crippen LogP contribution < -0.4 is 5.32 Å². The van der Waals surface area contributed by atoms with Crippen molar-refractivity contribution >= 4 is 28.7 Å². The highest BCUT2D eigenvalue weighted by Gasteiger charge is 2.45. The molecule has 0 bridgehead atoms. The van der Waals surface area contributed by atoms with Crippen molar-refractivity contribution in [2.75, 3.05) is 24.2 Å². The average Bonchev–Trinajstić information content (AvgIpc) is 3.29. The van der Waals surface area contributed by atoms with Crippen molar-refractivity contribution in [1.82, 2.24) is 25.0 Å². The van der Waals surface area contributed by atoms with Crippen LogP contribution >= 0.6 is 11.8 Å². The van der Waals surface area contributed by atoms with Gasteiger partial charge in [0, 0.05) is 32.3 Å². The van der Waals surface area contributed by atoms with Crippen molar-refractivity contribution in [2.45, 2.75) is 74.4 Å². The van der Waals surface area contributed by atoms with Gasteiger partial charge in [0.25, 0.3) is 0 Å². The summed E-state index contributed by atoms with van der Waals surface area (Å²) in [4.78, 5) is 8.33. The summed E-state index contributed by atoms with van der Waals surface area (Å²) in [6, 6.07) is -6.97.